The van der Waals surface area contributed by atoms with E-state index in [1.165, 1.54) is 21.5 Å². The fourth-order valence-electron chi connectivity index (χ4n) is 15.9. The van der Waals surface area contributed by atoms with Gasteiger partial charge in [-0.15, -0.1) is 0 Å². The molecule has 0 bridgehead atoms. The predicted molar refractivity (Wildman–Crippen MR) is 457 cm³/mol. The quantitative estimate of drug-likeness (QED) is 0.119. The molecule has 16 aromatic carbocycles. The molecule has 0 N–H and O–H groups in total. The van der Waals surface area contributed by atoms with Gasteiger partial charge in [0, 0.05) is 87.6 Å². The van der Waals surface area contributed by atoms with E-state index >= 15 is 0 Å². The van der Waals surface area contributed by atoms with Gasteiger partial charge in [0.25, 0.3) is 0 Å². The van der Waals surface area contributed by atoms with Crippen LogP contribution in [0.1, 0.15) is 0 Å². The molecular weight excluding hydrogens is 1370 g/mol. The molecule has 10 nitrogen and oxygen atoms in total. The highest BCUT2D eigenvalue weighted by molar-refractivity contribution is 6.14. The average Bonchev–Trinajstić information content (AvgIpc) is 1.59. The van der Waals surface area contributed by atoms with Crippen molar-refractivity contribution < 1.29 is 8.83 Å². The zero-order valence-corrected chi connectivity index (χ0v) is 60.3. The summed E-state index contributed by atoms with van der Waals surface area (Å²) in [5.74, 6) is 3.77. The van der Waals surface area contributed by atoms with E-state index in [2.05, 4.69) is 252 Å². The lowest BCUT2D eigenvalue weighted by atomic mass is 9.99. The van der Waals surface area contributed by atoms with Gasteiger partial charge < -0.3 is 18.0 Å². The Morgan fingerprint density at radius 2 is 0.455 bits per heavy atom. The van der Waals surface area contributed by atoms with Crippen LogP contribution in [-0.4, -0.2) is 39.0 Å². The van der Waals surface area contributed by atoms with E-state index in [1.807, 2.05) is 146 Å². The highest BCUT2D eigenvalue weighted by atomic mass is 16.3. The van der Waals surface area contributed by atoms with E-state index in [1.54, 1.807) is 0 Å². The Hall–Kier alpha value is -15.3. The molecular formula is C102H64N8O2. The largest absolute Gasteiger partial charge is 0.456 e. The summed E-state index contributed by atoms with van der Waals surface area (Å²) in [4.78, 5) is 30.2. The molecule has 0 saturated heterocycles. The molecule has 0 fully saturated rings. The molecule has 0 saturated carbocycles. The fraction of sp³-hybridized carbons (Fsp3) is 0. The van der Waals surface area contributed by atoms with Gasteiger partial charge in [0.2, 0.25) is 0 Å². The van der Waals surface area contributed by atoms with Crippen LogP contribution >= 0.6 is 0 Å². The zero-order valence-electron chi connectivity index (χ0n) is 60.3. The van der Waals surface area contributed by atoms with Crippen molar-refractivity contribution >= 4 is 87.5 Å². The molecule has 0 atom stereocenters. The molecule has 0 amide bonds. The van der Waals surface area contributed by atoms with Crippen LogP contribution in [0.4, 0.5) is 0 Å². The minimum absolute atomic E-state index is 0.614. The van der Waals surface area contributed by atoms with Crippen LogP contribution < -0.4 is 0 Å². The van der Waals surface area contributed by atoms with Gasteiger partial charge in [-0.3, -0.25) is 0 Å². The number of rotatable bonds is 12. The number of para-hydroxylation sites is 4. The highest BCUT2D eigenvalue weighted by Gasteiger charge is 2.24. The molecule has 524 valence electrons. The standard InChI is InChI=1S/2C51H32N4O/c1-4-14-33(15-5-1)39-27-25-38(51-53-49(34-16-6-2-7-17-34)52-50(54-51)35-18-8-3-9-19-35)31-46(39)55-44-22-12-10-20-40(44)43-30-36(26-29-45(43)55)37-24-28-42-41-21-11-13-23-47(41)56-48(42)32-37;1-4-14-33(15-5-1)42-31-38(51-53-49(34-16-6-2-7-17-34)52-50(54-51)35-18-8-3-9-19-35)26-29-45(42)55-44-22-12-10-20-39(44)43-30-36(25-28-46(43)55)37-24-27-41-40-21-11-13-23-47(40)56-48(41)32-37/h2*1-32H. The van der Waals surface area contributed by atoms with Gasteiger partial charge in [-0.1, -0.05) is 291 Å². The lowest BCUT2D eigenvalue weighted by Crippen LogP contribution is -2.02. The van der Waals surface area contributed by atoms with Crippen molar-refractivity contribution in [3.8, 4) is 124 Å². The summed E-state index contributed by atoms with van der Waals surface area (Å²) in [5.41, 5.74) is 24.7. The van der Waals surface area contributed by atoms with E-state index in [9.17, 15) is 0 Å². The SMILES string of the molecule is c1ccc(-c2nc(-c3ccccc3)nc(-c3ccc(-c4ccccc4)c(-n4c5ccccc5c5cc(-c6ccc7c(c6)oc6ccccc67)ccc54)c3)n2)cc1.c1ccc(-c2nc(-c3ccccc3)nc(-c3ccc(-n4c5ccccc5c5cc(-c6ccc7c(c6)oc6ccccc67)ccc54)c(-c4ccccc4)c3)n2)cc1. The van der Waals surface area contributed by atoms with Gasteiger partial charge in [0.1, 0.15) is 22.3 Å². The van der Waals surface area contributed by atoms with Crippen molar-refractivity contribution in [2.24, 2.45) is 0 Å². The summed E-state index contributed by atoms with van der Waals surface area (Å²) in [5, 5.41) is 9.24. The Balaban J connectivity index is 0.000000141. The number of nitrogens with zero attached hydrogens (tertiary/aromatic N) is 8. The maximum atomic E-state index is 6.28. The predicted octanol–water partition coefficient (Wildman–Crippen LogP) is 26.4. The second-order valence-electron chi connectivity index (χ2n) is 28.1. The smallest absolute Gasteiger partial charge is 0.164 e. The summed E-state index contributed by atoms with van der Waals surface area (Å²) in [6, 6.07) is 135. The van der Waals surface area contributed by atoms with Crippen LogP contribution in [0.2, 0.25) is 0 Å². The van der Waals surface area contributed by atoms with Gasteiger partial charge >= 0.3 is 0 Å². The Morgan fingerprint density at radius 1 is 0.161 bits per heavy atom. The Labute approximate surface area is 643 Å². The van der Waals surface area contributed by atoms with Gasteiger partial charge in [-0.2, -0.15) is 0 Å². The topological polar surface area (TPSA) is 113 Å². The third-order valence-electron chi connectivity index (χ3n) is 21.3. The normalized spacial score (nSPS) is 11.6. The van der Waals surface area contributed by atoms with Crippen LogP contribution in [0.25, 0.3) is 212 Å². The maximum absolute atomic E-state index is 6.28. The molecule has 6 heterocycles. The fourth-order valence-corrected chi connectivity index (χ4v) is 15.9. The van der Waals surface area contributed by atoms with Crippen LogP contribution in [0.5, 0.6) is 0 Å². The van der Waals surface area contributed by atoms with Gasteiger partial charge in [-0.05, 0) is 130 Å². The molecule has 22 aromatic rings. The Bertz CT molecular complexity index is 7250. The van der Waals surface area contributed by atoms with E-state index in [0.717, 1.165) is 155 Å². The minimum atomic E-state index is 0.614. The van der Waals surface area contributed by atoms with E-state index < -0.39 is 0 Å². The second-order valence-corrected chi connectivity index (χ2v) is 28.1. The van der Waals surface area contributed by atoms with Gasteiger partial charge in [-0.25, -0.2) is 29.9 Å². The molecule has 6 aromatic heterocycles. The summed E-state index contributed by atoms with van der Waals surface area (Å²) in [6.07, 6.45) is 0. The first kappa shape index (κ1) is 65.1. The van der Waals surface area contributed by atoms with E-state index in [4.69, 9.17) is 38.7 Å². The summed E-state index contributed by atoms with van der Waals surface area (Å²) in [7, 11) is 0. The van der Waals surface area contributed by atoms with Crippen molar-refractivity contribution in [1.82, 2.24) is 39.0 Å². The first-order chi connectivity index (χ1) is 55.5. The van der Waals surface area contributed by atoms with Crippen LogP contribution in [0.15, 0.2) is 397 Å². The maximum Gasteiger partial charge on any atom is 0.164 e. The number of benzene rings is 16. The third-order valence-corrected chi connectivity index (χ3v) is 21.3. The molecule has 0 radical (unpaired) electrons. The average molecular weight is 1430 g/mol. The molecule has 22 rings (SSSR count). The van der Waals surface area contributed by atoms with Crippen LogP contribution in [0.3, 0.4) is 0 Å². The number of hydrogen-bond donors (Lipinski definition) is 0. The molecule has 0 spiro atoms. The molecule has 112 heavy (non-hydrogen) atoms. The minimum Gasteiger partial charge on any atom is -0.456 e. The molecule has 0 aliphatic rings. The summed E-state index contributed by atoms with van der Waals surface area (Å²) in [6.45, 7) is 0. The number of aromatic nitrogens is 8. The number of hydrogen-bond acceptors (Lipinski definition) is 8. The highest BCUT2D eigenvalue weighted by Crippen LogP contribution is 2.44. The van der Waals surface area contributed by atoms with Crippen molar-refractivity contribution in [2.45, 2.75) is 0 Å². The Kier molecular flexibility index (Phi) is 16.0. The molecule has 0 aliphatic heterocycles. The summed E-state index contributed by atoms with van der Waals surface area (Å²) < 4.78 is 17.3. The van der Waals surface area contributed by atoms with E-state index in [-0.39, 0.29) is 0 Å². The molecule has 0 aliphatic carbocycles. The Morgan fingerprint density at radius 3 is 0.884 bits per heavy atom. The lowest BCUT2D eigenvalue weighted by molar-refractivity contribution is 0.668. The van der Waals surface area contributed by atoms with Crippen molar-refractivity contribution in [2.75, 3.05) is 0 Å². The lowest BCUT2D eigenvalue weighted by Gasteiger charge is -2.16. The van der Waals surface area contributed by atoms with Crippen LogP contribution in [0, 0.1) is 0 Å². The van der Waals surface area contributed by atoms with Gasteiger partial charge in [0.15, 0.2) is 34.9 Å². The van der Waals surface area contributed by atoms with Crippen molar-refractivity contribution in [1.29, 1.82) is 0 Å². The third kappa shape index (κ3) is 11.7. The van der Waals surface area contributed by atoms with Gasteiger partial charge in [0.05, 0.1) is 33.4 Å². The molecule has 0 unspecified atom stereocenters. The van der Waals surface area contributed by atoms with Crippen molar-refractivity contribution in [3.05, 3.63) is 388 Å². The monoisotopic (exact) mass is 1430 g/mol. The summed E-state index contributed by atoms with van der Waals surface area (Å²) >= 11 is 0. The first-order valence-corrected chi connectivity index (χ1v) is 37.5. The molecule has 10 heteroatoms. The zero-order chi connectivity index (χ0) is 74.0. The first-order valence-electron chi connectivity index (χ1n) is 37.5. The number of furan rings is 2. The number of fused-ring (bicyclic) bond motifs is 12. The van der Waals surface area contributed by atoms with Crippen molar-refractivity contribution in [3.63, 3.8) is 0 Å². The van der Waals surface area contributed by atoms with E-state index in [0.29, 0.717) is 34.9 Å². The van der Waals surface area contributed by atoms with Crippen LogP contribution in [-0.2, 0) is 0 Å². The second kappa shape index (κ2) is 27.5.